The van der Waals surface area contributed by atoms with Crippen LogP contribution in [0.4, 0.5) is 11.4 Å². The van der Waals surface area contributed by atoms with E-state index in [1.54, 1.807) is 0 Å². The number of aromatic nitrogens is 2. The highest BCUT2D eigenvalue weighted by Crippen LogP contribution is 2.34. The van der Waals surface area contributed by atoms with Crippen molar-refractivity contribution in [2.24, 2.45) is 0 Å². The molecule has 1 atom stereocenters. The van der Waals surface area contributed by atoms with Crippen molar-refractivity contribution in [3.05, 3.63) is 46.5 Å². The Labute approximate surface area is 159 Å². The second kappa shape index (κ2) is 8.41. The van der Waals surface area contributed by atoms with Gasteiger partial charge in [-0.3, -0.25) is 14.6 Å². The summed E-state index contributed by atoms with van der Waals surface area (Å²) in [5.41, 5.74) is 0.744. The fraction of sp³-hybridized carbons (Fsp3) is 0.250. The molecule has 0 aliphatic carbocycles. The van der Waals surface area contributed by atoms with Crippen LogP contribution in [0.15, 0.2) is 30.7 Å². The van der Waals surface area contributed by atoms with E-state index in [1.807, 2.05) is 0 Å². The molecule has 1 aromatic carbocycles. The van der Waals surface area contributed by atoms with E-state index in [-0.39, 0.29) is 27.3 Å². The van der Waals surface area contributed by atoms with Gasteiger partial charge >= 0.3 is 0 Å². The first-order valence-electron chi connectivity index (χ1n) is 7.74. The van der Waals surface area contributed by atoms with Gasteiger partial charge in [0.25, 0.3) is 11.8 Å². The monoisotopic (exact) mass is 395 g/mol. The summed E-state index contributed by atoms with van der Waals surface area (Å²) in [5, 5.41) is 8.71. The van der Waals surface area contributed by atoms with E-state index in [2.05, 4.69) is 25.9 Å². The highest BCUT2D eigenvalue weighted by molar-refractivity contribution is 6.40. The summed E-state index contributed by atoms with van der Waals surface area (Å²) in [5.74, 6) is -0.805. The average molecular weight is 396 g/mol. The van der Waals surface area contributed by atoms with Crippen molar-refractivity contribution in [3.63, 3.8) is 0 Å². The molecule has 3 N–H and O–H groups in total. The van der Waals surface area contributed by atoms with Gasteiger partial charge in [-0.15, -0.1) is 0 Å². The second-order valence-corrected chi connectivity index (χ2v) is 6.23. The zero-order valence-corrected chi connectivity index (χ0v) is 15.0. The molecule has 3 rings (SSSR count). The molecule has 8 nitrogen and oxygen atoms in total. The van der Waals surface area contributed by atoms with E-state index in [9.17, 15) is 9.59 Å². The van der Waals surface area contributed by atoms with Gasteiger partial charge in [0.05, 0.1) is 28.5 Å². The van der Waals surface area contributed by atoms with Crippen molar-refractivity contribution < 1.29 is 14.3 Å². The van der Waals surface area contributed by atoms with Crippen LogP contribution >= 0.6 is 23.2 Å². The zero-order valence-electron chi connectivity index (χ0n) is 13.5. The Morgan fingerprint density at radius 1 is 1.19 bits per heavy atom. The number of carbonyl (C=O) groups is 2. The van der Waals surface area contributed by atoms with Gasteiger partial charge in [-0.1, -0.05) is 23.2 Å². The van der Waals surface area contributed by atoms with E-state index in [4.69, 9.17) is 27.9 Å². The Balaban J connectivity index is 1.71. The van der Waals surface area contributed by atoms with Gasteiger partial charge in [-0.05, 0) is 12.1 Å². The first-order valence-corrected chi connectivity index (χ1v) is 8.50. The SMILES string of the molecule is O=C(Nc1c(Cl)cc(NC(=O)C2CNCCO2)cc1Cl)c1cnccn1. The Kier molecular flexibility index (Phi) is 6.00. The third-order valence-corrected chi connectivity index (χ3v) is 4.16. The van der Waals surface area contributed by atoms with Crippen LogP contribution in [0.3, 0.4) is 0 Å². The maximum atomic E-state index is 12.2. The zero-order chi connectivity index (χ0) is 18.5. The predicted octanol–water partition coefficient (Wildman–Crippen LogP) is 1.96. The average Bonchev–Trinajstić information content (AvgIpc) is 2.66. The molecule has 0 bridgehead atoms. The topological polar surface area (TPSA) is 105 Å². The quantitative estimate of drug-likeness (QED) is 0.730. The van der Waals surface area contributed by atoms with Gasteiger partial charge in [0.2, 0.25) is 0 Å². The molecule has 1 aliphatic rings. The van der Waals surface area contributed by atoms with Gasteiger partial charge in [-0.2, -0.15) is 0 Å². The van der Waals surface area contributed by atoms with E-state index in [1.165, 1.54) is 30.7 Å². The fourth-order valence-corrected chi connectivity index (χ4v) is 2.90. The van der Waals surface area contributed by atoms with Gasteiger partial charge in [0.1, 0.15) is 11.8 Å². The third kappa shape index (κ3) is 4.47. The number of ether oxygens (including phenoxy) is 1. The van der Waals surface area contributed by atoms with Crippen LogP contribution in [0, 0.1) is 0 Å². The summed E-state index contributed by atoms with van der Waals surface area (Å²) in [6.45, 7) is 1.61. The normalized spacial score (nSPS) is 16.8. The lowest BCUT2D eigenvalue weighted by Crippen LogP contribution is -2.45. The van der Waals surface area contributed by atoms with E-state index >= 15 is 0 Å². The molecular formula is C16H15Cl2N5O3. The lowest BCUT2D eigenvalue weighted by molar-refractivity contribution is -0.128. The highest BCUT2D eigenvalue weighted by Gasteiger charge is 2.22. The minimum atomic E-state index is -0.586. The lowest BCUT2D eigenvalue weighted by Gasteiger charge is -2.23. The van der Waals surface area contributed by atoms with Gasteiger partial charge < -0.3 is 20.7 Å². The van der Waals surface area contributed by atoms with Crippen molar-refractivity contribution in [1.82, 2.24) is 15.3 Å². The van der Waals surface area contributed by atoms with Crippen LogP contribution in [-0.4, -0.2) is 47.6 Å². The predicted molar refractivity (Wildman–Crippen MR) is 97.7 cm³/mol. The smallest absolute Gasteiger partial charge is 0.275 e. The summed E-state index contributed by atoms with van der Waals surface area (Å²) < 4.78 is 5.39. The second-order valence-electron chi connectivity index (χ2n) is 5.41. The number of nitrogens with one attached hydrogen (secondary N) is 3. The summed E-state index contributed by atoms with van der Waals surface area (Å²) in [6, 6.07) is 2.99. The number of carbonyl (C=O) groups excluding carboxylic acids is 2. The molecule has 0 saturated carbocycles. The number of hydrogen-bond acceptors (Lipinski definition) is 6. The van der Waals surface area contributed by atoms with Crippen LogP contribution in [0.5, 0.6) is 0 Å². The number of nitrogens with zero attached hydrogens (tertiary/aromatic N) is 2. The number of hydrogen-bond donors (Lipinski definition) is 3. The molecule has 1 fully saturated rings. The third-order valence-electron chi connectivity index (χ3n) is 3.56. The molecule has 26 heavy (non-hydrogen) atoms. The first kappa shape index (κ1) is 18.5. The molecular weight excluding hydrogens is 381 g/mol. The summed E-state index contributed by atoms with van der Waals surface area (Å²) in [6.07, 6.45) is 3.60. The molecule has 2 heterocycles. The van der Waals surface area contributed by atoms with Crippen molar-refractivity contribution in [1.29, 1.82) is 0 Å². The van der Waals surface area contributed by atoms with Gasteiger partial charge in [0, 0.05) is 31.2 Å². The molecule has 1 saturated heterocycles. The van der Waals surface area contributed by atoms with E-state index in [0.717, 1.165) is 0 Å². The Hall–Kier alpha value is -2.26. The molecule has 1 aliphatic heterocycles. The Bertz CT molecular complexity index is 790. The maximum absolute atomic E-state index is 12.2. The summed E-state index contributed by atoms with van der Waals surface area (Å²) >= 11 is 12.4. The fourth-order valence-electron chi connectivity index (χ4n) is 2.32. The number of halogens is 2. The standard InChI is InChI=1S/C16H15Cl2N5O3/c17-10-5-9(22-16(25)13-8-20-3-4-26-13)6-11(18)14(10)23-15(24)12-7-19-1-2-21-12/h1-2,5-7,13,20H,3-4,8H2,(H,22,25)(H,23,24). The van der Waals surface area contributed by atoms with Crippen LogP contribution in [0.1, 0.15) is 10.5 Å². The van der Waals surface area contributed by atoms with Gasteiger partial charge in [-0.25, -0.2) is 4.98 Å². The molecule has 0 radical (unpaired) electrons. The Morgan fingerprint density at radius 3 is 2.58 bits per heavy atom. The molecule has 1 unspecified atom stereocenters. The maximum Gasteiger partial charge on any atom is 0.275 e. The van der Waals surface area contributed by atoms with Crippen molar-refractivity contribution >= 4 is 46.4 Å². The minimum Gasteiger partial charge on any atom is -0.366 e. The van der Waals surface area contributed by atoms with Crippen molar-refractivity contribution in [2.75, 3.05) is 30.3 Å². The largest absolute Gasteiger partial charge is 0.366 e. The summed E-state index contributed by atoms with van der Waals surface area (Å²) in [7, 11) is 0. The molecule has 1 aromatic heterocycles. The lowest BCUT2D eigenvalue weighted by atomic mass is 10.2. The van der Waals surface area contributed by atoms with Crippen LogP contribution in [0.25, 0.3) is 0 Å². The number of anilines is 2. The van der Waals surface area contributed by atoms with E-state index < -0.39 is 12.0 Å². The minimum absolute atomic E-state index is 0.124. The molecule has 10 heteroatoms. The Morgan fingerprint density at radius 2 is 1.96 bits per heavy atom. The number of morpholine rings is 1. The van der Waals surface area contributed by atoms with Crippen LogP contribution in [0.2, 0.25) is 10.0 Å². The molecule has 2 amide bonds. The van der Waals surface area contributed by atoms with Gasteiger partial charge in [0.15, 0.2) is 0 Å². The number of benzene rings is 1. The molecule has 0 spiro atoms. The number of rotatable bonds is 4. The van der Waals surface area contributed by atoms with Crippen molar-refractivity contribution in [2.45, 2.75) is 6.10 Å². The first-order chi connectivity index (χ1) is 12.5. The van der Waals surface area contributed by atoms with Crippen LogP contribution < -0.4 is 16.0 Å². The molecule has 136 valence electrons. The van der Waals surface area contributed by atoms with Crippen LogP contribution in [-0.2, 0) is 9.53 Å². The number of amides is 2. The highest BCUT2D eigenvalue weighted by atomic mass is 35.5. The summed E-state index contributed by atoms with van der Waals surface area (Å²) in [4.78, 5) is 32.1. The van der Waals surface area contributed by atoms with Crippen molar-refractivity contribution in [3.8, 4) is 0 Å². The molecule has 2 aromatic rings. The van der Waals surface area contributed by atoms with E-state index in [0.29, 0.717) is 25.4 Å².